The van der Waals surface area contributed by atoms with Crippen molar-refractivity contribution in [2.45, 2.75) is 11.7 Å². The third-order valence-electron chi connectivity index (χ3n) is 1.76. The summed E-state index contributed by atoms with van der Waals surface area (Å²) in [4.78, 5) is 13.0. The molecule has 0 aliphatic carbocycles. The number of hydrogen-bond acceptors (Lipinski definition) is 5. The van der Waals surface area contributed by atoms with Crippen molar-refractivity contribution in [3.05, 3.63) is 21.9 Å². The zero-order chi connectivity index (χ0) is 13.9. The van der Waals surface area contributed by atoms with Crippen LogP contribution in [-0.4, -0.2) is 23.4 Å². The lowest BCUT2D eigenvalue weighted by molar-refractivity contribution is -0.389. The Morgan fingerprint density at radius 3 is 2.56 bits per heavy atom. The summed E-state index contributed by atoms with van der Waals surface area (Å²) in [5.41, 5.74) is -0.865. The Bertz CT molecular complexity index is 466. The van der Waals surface area contributed by atoms with E-state index in [2.05, 4.69) is 25.7 Å². The molecule has 1 rings (SSSR count). The van der Waals surface area contributed by atoms with Gasteiger partial charge in [-0.05, 0) is 0 Å². The van der Waals surface area contributed by atoms with Crippen molar-refractivity contribution in [3.63, 3.8) is 0 Å². The molecule has 1 aromatic heterocycles. The number of aromatic nitrogens is 1. The van der Waals surface area contributed by atoms with Crippen molar-refractivity contribution >= 4 is 21.6 Å². The summed E-state index contributed by atoms with van der Waals surface area (Å²) >= 11 is 2.98. The lowest BCUT2D eigenvalue weighted by Gasteiger charge is -2.11. The minimum absolute atomic E-state index is 0.00639. The van der Waals surface area contributed by atoms with Crippen molar-refractivity contribution < 1.29 is 27.6 Å². The summed E-state index contributed by atoms with van der Waals surface area (Å²) in [6.45, 7) is 0. The second kappa shape index (κ2) is 5.38. The molecule has 10 heteroatoms. The molecule has 0 aliphatic heterocycles. The van der Waals surface area contributed by atoms with E-state index in [-0.39, 0.29) is 16.8 Å². The lowest BCUT2D eigenvalue weighted by atomic mass is 10.3. The van der Waals surface area contributed by atoms with E-state index in [9.17, 15) is 23.3 Å². The number of ether oxygens (including phenoxy) is 2. The summed E-state index contributed by atoms with van der Waals surface area (Å²) < 4.78 is 44.5. The first kappa shape index (κ1) is 14.5. The summed E-state index contributed by atoms with van der Waals surface area (Å²) in [6.07, 6.45) is -5.06. The van der Waals surface area contributed by atoms with Gasteiger partial charge in [0.2, 0.25) is 0 Å². The van der Waals surface area contributed by atoms with Crippen molar-refractivity contribution in [2.24, 2.45) is 0 Å². The van der Waals surface area contributed by atoms with E-state index in [1.54, 1.807) is 0 Å². The largest absolute Gasteiger partial charge is 0.574 e. The zero-order valence-corrected chi connectivity index (χ0v) is 10.4. The molecule has 0 amide bonds. The first-order valence-corrected chi connectivity index (χ1v) is 5.44. The quantitative estimate of drug-likeness (QED) is 0.482. The van der Waals surface area contributed by atoms with Crippen molar-refractivity contribution in [3.8, 4) is 11.6 Å². The van der Waals surface area contributed by atoms with E-state index in [1.165, 1.54) is 7.11 Å². The number of methoxy groups -OCH3 is 1. The van der Waals surface area contributed by atoms with Crippen LogP contribution in [0.1, 0.15) is 5.69 Å². The Kier molecular flexibility index (Phi) is 4.33. The van der Waals surface area contributed by atoms with Crippen LogP contribution in [0, 0.1) is 10.1 Å². The maximum absolute atomic E-state index is 12.1. The minimum Gasteiger partial charge on any atom is -0.495 e. The van der Waals surface area contributed by atoms with Crippen molar-refractivity contribution in [1.29, 1.82) is 0 Å². The molecular weight excluding hydrogens is 325 g/mol. The fraction of sp³-hybridized carbons (Fsp3) is 0.375. The number of nitro groups is 1. The average molecular weight is 331 g/mol. The Balaban J connectivity index is 3.33. The zero-order valence-electron chi connectivity index (χ0n) is 8.82. The second-order valence-electron chi connectivity index (χ2n) is 2.90. The van der Waals surface area contributed by atoms with Gasteiger partial charge in [-0.3, -0.25) is 10.1 Å². The van der Waals surface area contributed by atoms with Crippen molar-refractivity contribution in [2.75, 3.05) is 7.11 Å². The molecule has 0 fully saturated rings. The van der Waals surface area contributed by atoms with E-state index >= 15 is 0 Å². The molecule has 0 atom stereocenters. The Morgan fingerprint density at radius 1 is 1.56 bits per heavy atom. The molecule has 6 nitrogen and oxygen atoms in total. The van der Waals surface area contributed by atoms with Crippen LogP contribution in [0.2, 0.25) is 0 Å². The van der Waals surface area contributed by atoms with Gasteiger partial charge in [0.25, 0.3) is 0 Å². The smallest absolute Gasteiger partial charge is 0.495 e. The first-order valence-electron chi connectivity index (χ1n) is 4.32. The highest BCUT2D eigenvalue weighted by atomic mass is 79.9. The molecule has 0 aromatic carbocycles. The molecule has 1 heterocycles. The molecule has 0 spiro atoms. The normalized spacial score (nSPS) is 11.2. The molecule has 0 unspecified atom stereocenters. The maximum Gasteiger partial charge on any atom is 0.574 e. The van der Waals surface area contributed by atoms with Crippen molar-refractivity contribution in [1.82, 2.24) is 4.98 Å². The van der Waals surface area contributed by atoms with E-state index < -0.39 is 22.9 Å². The molecule has 0 radical (unpaired) electrons. The van der Waals surface area contributed by atoms with Gasteiger partial charge in [-0.1, -0.05) is 15.9 Å². The highest BCUT2D eigenvalue weighted by Crippen LogP contribution is 2.35. The Hall–Kier alpha value is -1.58. The first-order chi connectivity index (χ1) is 8.28. The van der Waals surface area contributed by atoms with Crippen LogP contribution in [0.15, 0.2) is 6.07 Å². The highest BCUT2D eigenvalue weighted by molar-refractivity contribution is 9.08. The van der Waals surface area contributed by atoms with Crippen LogP contribution in [0.5, 0.6) is 11.6 Å². The van der Waals surface area contributed by atoms with Gasteiger partial charge in [0.15, 0.2) is 0 Å². The molecule has 0 aliphatic rings. The standard InChI is InChI=1S/C8H6BrF3N2O4/c1-17-6-2-5(14(15)16)7(13-4(6)3-9)18-8(10,11)12/h2H,3H2,1H3. The number of pyridine rings is 1. The molecular formula is C8H6BrF3N2O4. The van der Waals surface area contributed by atoms with E-state index in [1.807, 2.05) is 0 Å². The van der Waals surface area contributed by atoms with Gasteiger partial charge in [-0.15, -0.1) is 13.2 Å². The predicted octanol–water partition coefficient (Wildman–Crippen LogP) is 2.79. The summed E-state index contributed by atoms with van der Waals surface area (Å²) in [5.74, 6) is -1.13. The van der Waals surface area contributed by atoms with Crippen LogP contribution in [0.4, 0.5) is 18.9 Å². The van der Waals surface area contributed by atoms with Crippen LogP contribution in [0.25, 0.3) is 0 Å². The number of nitrogens with zero attached hydrogens (tertiary/aromatic N) is 2. The average Bonchev–Trinajstić information content (AvgIpc) is 2.25. The molecule has 0 saturated carbocycles. The topological polar surface area (TPSA) is 74.5 Å². The lowest BCUT2D eigenvalue weighted by Crippen LogP contribution is -2.19. The molecule has 100 valence electrons. The monoisotopic (exact) mass is 330 g/mol. The minimum atomic E-state index is -5.06. The van der Waals surface area contributed by atoms with Gasteiger partial charge in [-0.25, -0.2) is 4.98 Å². The van der Waals surface area contributed by atoms with Gasteiger partial charge < -0.3 is 9.47 Å². The van der Waals surface area contributed by atoms with E-state index in [0.29, 0.717) is 0 Å². The van der Waals surface area contributed by atoms with Crippen LogP contribution in [-0.2, 0) is 5.33 Å². The van der Waals surface area contributed by atoms with Gasteiger partial charge >= 0.3 is 17.9 Å². The molecule has 0 N–H and O–H groups in total. The van der Waals surface area contributed by atoms with Crippen LogP contribution in [0.3, 0.4) is 0 Å². The number of alkyl halides is 4. The molecule has 18 heavy (non-hydrogen) atoms. The fourth-order valence-corrected chi connectivity index (χ4v) is 1.49. The molecule has 0 bridgehead atoms. The third-order valence-corrected chi connectivity index (χ3v) is 2.29. The van der Waals surface area contributed by atoms with E-state index in [0.717, 1.165) is 6.07 Å². The number of hydrogen-bond donors (Lipinski definition) is 0. The SMILES string of the molecule is COc1cc([N+](=O)[O-])c(OC(F)(F)F)nc1CBr. The third kappa shape index (κ3) is 3.45. The maximum atomic E-state index is 12.1. The molecule has 0 saturated heterocycles. The summed E-state index contributed by atoms with van der Waals surface area (Å²) in [5, 5.41) is 10.7. The highest BCUT2D eigenvalue weighted by Gasteiger charge is 2.36. The van der Waals surface area contributed by atoms with E-state index in [4.69, 9.17) is 4.74 Å². The summed E-state index contributed by atoms with van der Waals surface area (Å²) in [7, 11) is 1.22. The number of rotatable bonds is 4. The Morgan fingerprint density at radius 2 is 2.17 bits per heavy atom. The number of halogens is 4. The predicted molar refractivity (Wildman–Crippen MR) is 56.8 cm³/mol. The van der Waals surface area contributed by atoms with Gasteiger partial charge in [0.1, 0.15) is 5.75 Å². The van der Waals surface area contributed by atoms with Gasteiger partial charge in [0, 0.05) is 5.33 Å². The van der Waals surface area contributed by atoms with Gasteiger partial charge in [-0.2, -0.15) is 0 Å². The summed E-state index contributed by atoms with van der Waals surface area (Å²) in [6, 6.07) is 0.824. The van der Waals surface area contributed by atoms with Gasteiger partial charge in [0.05, 0.1) is 23.8 Å². The second-order valence-corrected chi connectivity index (χ2v) is 3.46. The Labute approximate surface area is 107 Å². The van der Waals surface area contributed by atoms with Crippen LogP contribution >= 0.6 is 15.9 Å². The fourth-order valence-electron chi connectivity index (χ4n) is 1.09. The van der Waals surface area contributed by atoms with Crippen LogP contribution < -0.4 is 9.47 Å². The molecule has 1 aromatic rings.